The molecule has 1 aromatic rings. The minimum Gasteiger partial charge on any atom is -0.481 e. The van der Waals surface area contributed by atoms with Crippen LogP contribution in [0.15, 0.2) is 36.4 Å². The van der Waals surface area contributed by atoms with Crippen molar-refractivity contribution in [3.8, 4) is 5.75 Å². The van der Waals surface area contributed by atoms with Gasteiger partial charge in [0.25, 0.3) is 0 Å². The molecule has 0 radical (unpaired) electrons. The number of unbranched alkanes of at least 4 members (excludes halogenated alkanes) is 1. The van der Waals surface area contributed by atoms with Gasteiger partial charge in [-0.2, -0.15) is 0 Å². The fourth-order valence-corrected chi connectivity index (χ4v) is 4.41. The van der Waals surface area contributed by atoms with Gasteiger partial charge in [-0.1, -0.05) is 30.4 Å². The van der Waals surface area contributed by atoms with E-state index in [9.17, 15) is 20.1 Å². The highest BCUT2D eigenvalue weighted by Crippen LogP contribution is 2.39. The maximum absolute atomic E-state index is 10.6. The summed E-state index contributed by atoms with van der Waals surface area (Å²) >= 11 is 0. The Morgan fingerprint density at radius 1 is 1.17 bits per heavy atom. The molecule has 0 unspecified atom stereocenters. The Labute approximate surface area is 176 Å². The van der Waals surface area contributed by atoms with Crippen molar-refractivity contribution < 1.29 is 34.7 Å². The second kappa shape index (κ2) is 10.9. The number of aliphatic hydroxyl groups is 3. The number of carboxylic acid groups (broad SMARTS) is 1. The highest BCUT2D eigenvalue weighted by Gasteiger charge is 2.41. The molecule has 1 heterocycles. The first-order valence-electron chi connectivity index (χ1n) is 10.7. The molecule has 30 heavy (non-hydrogen) atoms. The number of rotatable bonds is 10. The van der Waals surface area contributed by atoms with Crippen LogP contribution in [0.2, 0.25) is 0 Å². The van der Waals surface area contributed by atoms with Gasteiger partial charge in [0.05, 0.1) is 18.8 Å². The summed E-state index contributed by atoms with van der Waals surface area (Å²) in [6, 6.07) is 7.57. The molecular weight excluding hydrogens is 388 g/mol. The lowest BCUT2D eigenvalue weighted by atomic mass is 9.86. The van der Waals surface area contributed by atoms with Crippen molar-refractivity contribution in [2.45, 2.75) is 76.2 Å². The van der Waals surface area contributed by atoms with Crippen LogP contribution >= 0.6 is 0 Å². The zero-order chi connectivity index (χ0) is 21.5. The Bertz CT molecular complexity index is 719. The van der Waals surface area contributed by atoms with Crippen molar-refractivity contribution in [3.05, 3.63) is 42.0 Å². The fourth-order valence-electron chi connectivity index (χ4n) is 4.41. The van der Waals surface area contributed by atoms with E-state index in [1.807, 2.05) is 36.4 Å². The number of benzene rings is 1. The van der Waals surface area contributed by atoms with Crippen LogP contribution < -0.4 is 4.74 Å². The second-order valence-electron chi connectivity index (χ2n) is 8.24. The third kappa shape index (κ3) is 6.04. The quantitative estimate of drug-likeness (QED) is 0.340. The third-order valence-corrected chi connectivity index (χ3v) is 6.09. The zero-order valence-electron chi connectivity index (χ0n) is 17.1. The van der Waals surface area contributed by atoms with Crippen LogP contribution in [0.25, 0.3) is 0 Å². The van der Waals surface area contributed by atoms with Crippen molar-refractivity contribution in [2.75, 3.05) is 0 Å². The van der Waals surface area contributed by atoms with E-state index in [2.05, 4.69) is 0 Å². The Morgan fingerprint density at radius 2 is 1.93 bits per heavy atom. The summed E-state index contributed by atoms with van der Waals surface area (Å²) in [7, 11) is 0. The molecule has 0 spiro atoms. The van der Waals surface area contributed by atoms with Crippen LogP contribution in [0.3, 0.4) is 0 Å². The molecule has 1 aliphatic heterocycles. The van der Waals surface area contributed by atoms with Crippen LogP contribution in [0, 0.1) is 11.8 Å². The lowest BCUT2D eigenvalue weighted by Crippen LogP contribution is -2.37. The summed E-state index contributed by atoms with van der Waals surface area (Å²) < 4.78 is 11.4. The van der Waals surface area contributed by atoms with Gasteiger partial charge in [0.15, 0.2) is 0 Å². The van der Waals surface area contributed by atoms with E-state index in [4.69, 9.17) is 14.6 Å². The monoisotopic (exact) mass is 420 g/mol. The summed E-state index contributed by atoms with van der Waals surface area (Å²) in [5.74, 6) is -0.285. The molecule has 0 bridgehead atoms. The fraction of sp³-hybridized carbons (Fsp3) is 0.609. The van der Waals surface area contributed by atoms with E-state index >= 15 is 0 Å². The van der Waals surface area contributed by atoms with Crippen LogP contribution in [-0.2, 0) is 16.1 Å². The van der Waals surface area contributed by atoms with Crippen molar-refractivity contribution in [1.82, 2.24) is 0 Å². The van der Waals surface area contributed by atoms with E-state index in [0.717, 1.165) is 11.3 Å². The van der Waals surface area contributed by atoms with Crippen LogP contribution in [0.4, 0.5) is 0 Å². The largest absolute Gasteiger partial charge is 0.481 e. The number of aliphatic carboxylic acids is 1. The number of hydrogen-bond acceptors (Lipinski definition) is 6. The Kier molecular flexibility index (Phi) is 8.27. The van der Waals surface area contributed by atoms with E-state index in [0.29, 0.717) is 45.1 Å². The molecule has 6 atom stereocenters. The summed E-state index contributed by atoms with van der Waals surface area (Å²) in [6.45, 7) is 0.387. The number of allylic oxidation sites excluding steroid dienone is 2. The average Bonchev–Trinajstić information content (AvgIpc) is 3.00. The van der Waals surface area contributed by atoms with E-state index in [1.165, 1.54) is 0 Å². The third-order valence-electron chi connectivity index (χ3n) is 6.09. The second-order valence-corrected chi connectivity index (χ2v) is 8.24. The maximum atomic E-state index is 10.6. The predicted molar refractivity (Wildman–Crippen MR) is 110 cm³/mol. The Balaban J connectivity index is 1.47. The normalized spacial score (nSPS) is 29.5. The molecule has 1 fully saturated rings. The predicted octanol–water partition coefficient (Wildman–Crippen LogP) is 2.62. The van der Waals surface area contributed by atoms with E-state index in [1.54, 1.807) is 0 Å². The van der Waals surface area contributed by atoms with E-state index in [-0.39, 0.29) is 18.3 Å². The average molecular weight is 421 g/mol. The lowest BCUT2D eigenvalue weighted by molar-refractivity contribution is -0.168. The summed E-state index contributed by atoms with van der Waals surface area (Å²) in [5.41, 5.74) is 0.950. The lowest BCUT2D eigenvalue weighted by Gasteiger charge is -2.31. The molecule has 1 aliphatic carbocycles. The molecular formula is C23H32O7. The first-order valence-corrected chi connectivity index (χ1v) is 10.7. The number of aliphatic hydroxyl groups excluding tert-OH is 3. The van der Waals surface area contributed by atoms with Gasteiger partial charge in [-0.05, 0) is 56.4 Å². The molecule has 0 aromatic heterocycles. The Morgan fingerprint density at radius 3 is 2.73 bits per heavy atom. The first-order chi connectivity index (χ1) is 14.5. The number of ether oxygens (including phenoxy) is 2. The number of carbonyl (C=O) groups is 1. The van der Waals surface area contributed by atoms with Crippen LogP contribution in [0.1, 0.15) is 50.5 Å². The molecule has 166 valence electrons. The van der Waals surface area contributed by atoms with Crippen molar-refractivity contribution in [3.63, 3.8) is 0 Å². The standard InChI is InChI=1S/C23H32O7/c24-18(23-29-14-15-7-5-6-9-21(15)30-23)12-11-17-16(19(25)13-20(17)26)8-3-1-2-4-10-22(27)28/h1,3,5-7,9,16-20,23-26H,2,4,8,10-14H2,(H,27,28)/t16-,17-,18+,19+,20-,23-/m1/s1. The molecule has 7 heteroatoms. The van der Waals surface area contributed by atoms with Gasteiger partial charge in [-0.15, -0.1) is 0 Å². The molecule has 0 amide bonds. The topological polar surface area (TPSA) is 116 Å². The molecule has 1 saturated carbocycles. The van der Waals surface area contributed by atoms with E-state index < -0.39 is 30.6 Å². The number of para-hydroxylation sites is 1. The molecule has 7 nitrogen and oxygen atoms in total. The molecule has 2 aliphatic rings. The summed E-state index contributed by atoms with van der Waals surface area (Å²) in [4.78, 5) is 10.5. The van der Waals surface area contributed by atoms with Crippen molar-refractivity contribution >= 4 is 5.97 Å². The van der Waals surface area contributed by atoms with Gasteiger partial charge in [0, 0.05) is 12.0 Å². The summed E-state index contributed by atoms with van der Waals surface area (Å²) in [5, 5.41) is 40.0. The van der Waals surface area contributed by atoms with Crippen molar-refractivity contribution in [2.24, 2.45) is 11.8 Å². The van der Waals surface area contributed by atoms with Gasteiger partial charge in [0.2, 0.25) is 6.29 Å². The molecule has 1 aromatic carbocycles. The van der Waals surface area contributed by atoms with Crippen LogP contribution in [-0.4, -0.2) is 51.0 Å². The highest BCUT2D eigenvalue weighted by atomic mass is 16.7. The minimum absolute atomic E-state index is 0.0863. The van der Waals surface area contributed by atoms with Gasteiger partial charge in [-0.3, -0.25) is 4.79 Å². The van der Waals surface area contributed by atoms with Gasteiger partial charge in [-0.25, -0.2) is 0 Å². The molecule has 4 N–H and O–H groups in total. The zero-order valence-corrected chi connectivity index (χ0v) is 17.1. The van der Waals surface area contributed by atoms with Crippen molar-refractivity contribution in [1.29, 1.82) is 0 Å². The van der Waals surface area contributed by atoms with Crippen LogP contribution in [0.5, 0.6) is 5.75 Å². The number of fused-ring (bicyclic) bond motifs is 1. The first kappa shape index (κ1) is 22.7. The SMILES string of the molecule is O=C(O)CCCC=CC[C@@H]1[C@@H](CC[C@H](O)[C@@H]2OCc3ccccc3O2)[C@H](O)C[C@@H]1O. The van der Waals surface area contributed by atoms with Gasteiger partial charge >= 0.3 is 5.97 Å². The van der Waals surface area contributed by atoms with Gasteiger partial charge in [0.1, 0.15) is 11.9 Å². The molecule has 0 saturated heterocycles. The highest BCUT2D eigenvalue weighted by molar-refractivity contribution is 5.66. The summed E-state index contributed by atoms with van der Waals surface area (Å²) in [6.07, 6.45) is 4.47. The molecule has 3 rings (SSSR count). The Hall–Kier alpha value is -1.93. The van der Waals surface area contributed by atoms with Gasteiger partial charge < -0.3 is 29.9 Å². The number of hydrogen-bond donors (Lipinski definition) is 4. The number of carboxylic acids is 1. The smallest absolute Gasteiger partial charge is 0.303 e. The minimum atomic E-state index is -0.824. The maximum Gasteiger partial charge on any atom is 0.303 e.